The molecule has 0 bridgehead atoms. The van der Waals surface area contributed by atoms with Gasteiger partial charge in [0.25, 0.3) is 0 Å². The van der Waals surface area contributed by atoms with Crippen molar-refractivity contribution in [1.82, 2.24) is 15.1 Å². The molecule has 0 unspecified atom stereocenters. The summed E-state index contributed by atoms with van der Waals surface area (Å²) in [6.07, 6.45) is 4.03. The van der Waals surface area contributed by atoms with Crippen LogP contribution in [0.25, 0.3) is 0 Å². The van der Waals surface area contributed by atoms with Crippen molar-refractivity contribution < 1.29 is 14.3 Å². The molecule has 1 fully saturated rings. The number of methoxy groups -OCH3 is 2. The molecule has 1 aromatic carbocycles. The predicted molar refractivity (Wildman–Crippen MR) is 112 cm³/mol. The molecule has 1 amide bonds. The van der Waals surface area contributed by atoms with Crippen LogP contribution in [0.2, 0.25) is 0 Å². The predicted octanol–water partition coefficient (Wildman–Crippen LogP) is 2.36. The van der Waals surface area contributed by atoms with E-state index in [9.17, 15) is 4.79 Å². The molecule has 0 radical (unpaired) electrons. The Labute approximate surface area is 168 Å². The largest absolute Gasteiger partial charge is 0.497 e. The molecule has 7 nitrogen and oxygen atoms in total. The summed E-state index contributed by atoms with van der Waals surface area (Å²) in [5, 5.41) is 3.43. The van der Waals surface area contributed by atoms with Crippen LogP contribution >= 0.6 is 0 Å². The number of nitrogens with zero attached hydrogens (tertiary/aromatic N) is 3. The summed E-state index contributed by atoms with van der Waals surface area (Å²) < 4.78 is 10.8. The zero-order valence-corrected chi connectivity index (χ0v) is 18.0. The molecule has 7 heteroatoms. The number of benzene rings is 1. The number of hydrogen-bond donors (Lipinski definition) is 1. The number of nitrogens with one attached hydrogen (secondary N) is 1. The SMILES string of the molecule is CN=C(NCC1(C(=O)N(C)C)CCCC1)N(C)Cc1ccc(OC)cc1OC. The van der Waals surface area contributed by atoms with Crippen LogP contribution in [0.15, 0.2) is 23.2 Å². The summed E-state index contributed by atoms with van der Waals surface area (Å²) in [5.41, 5.74) is 0.701. The van der Waals surface area contributed by atoms with Gasteiger partial charge in [0.05, 0.1) is 19.6 Å². The van der Waals surface area contributed by atoms with Crippen molar-refractivity contribution >= 4 is 11.9 Å². The number of ether oxygens (including phenoxy) is 2. The minimum absolute atomic E-state index is 0.201. The van der Waals surface area contributed by atoms with Gasteiger partial charge in [-0.05, 0) is 25.0 Å². The quantitative estimate of drug-likeness (QED) is 0.572. The monoisotopic (exact) mass is 390 g/mol. The second-order valence-electron chi connectivity index (χ2n) is 7.62. The molecule has 28 heavy (non-hydrogen) atoms. The Bertz CT molecular complexity index is 697. The number of aliphatic imine (C=N–C) groups is 1. The van der Waals surface area contributed by atoms with E-state index in [0.717, 1.165) is 48.7 Å². The van der Waals surface area contributed by atoms with Crippen molar-refractivity contribution in [2.24, 2.45) is 10.4 Å². The maximum Gasteiger partial charge on any atom is 0.230 e. The number of hydrogen-bond acceptors (Lipinski definition) is 4. The van der Waals surface area contributed by atoms with Crippen LogP contribution in [0.4, 0.5) is 0 Å². The molecule has 0 spiro atoms. The van der Waals surface area contributed by atoms with Gasteiger partial charge in [0.2, 0.25) is 5.91 Å². The van der Waals surface area contributed by atoms with E-state index in [0.29, 0.717) is 13.1 Å². The molecule has 0 aromatic heterocycles. The van der Waals surface area contributed by atoms with Crippen LogP contribution in [-0.2, 0) is 11.3 Å². The van der Waals surface area contributed by atoms with Gasteiger partial charge in [0.1, 0.15) is 11.5 Å². The molecule has 0 heterocycles. The summed E-state index contributed by atoms with van der Waals surface area (Å²) in [7, 11) is 10.7. The van der Waals surface area contributed by atoms with Crippen molar-refractivity contribution in [3.8, 4) is 11.5 Å². The maximum absolute atomic E-state index is 12.8. The molecule has 1 N–H and O–H groups in total. The van der Waals surface area contributed by atoms with E-state index in [1.54, 1.807) is 26.2 Å². The van der Waals surface area contributed by atoms with Gasteiger partial charge in [-0.3, -0.25) is 9.79 Å². The minimum Gasteiger partial charge on any atom is -0.497 e. The van der Waals surface area contributed by atoms with Gasteiger partial charge in [0, 0.05) is 52.9 Å². The highest BCUT2D eigenvalue weighted by Crippen LogP contribution is 2.39. The first-order valence-corrected chi connectivity index (χ1v) is 9.71. The lowest BCUT2D eigenvalue weighted by atomic mass is 9.84. The second kappa shape index (κ2) is 9.66. The smallest absolute Gasteiger partial charge is 0.230 e. The normalized spacial score (nSPS) is 15.9. The van der Waals surface area contributed by atoms with Gasteiger partial charge in [-0.2, -0.15) is 0 Å². The molecule has 1 aliphatic rings. The van der Waals surface area contributed by atoms with Crippen LogP contribution in [0, 0.1) is 5.41 Å². The average Bonchev–Trinajstić information content (AvgIpc) is 3.18. The lowest BCUT2D eigenvalue weighted by Crippen LogP contribution is -2.49. The Hall–Kier alpha value is -2.44. The number of rotatable bonds is 7. The Morgan fingerprint density at radius 2 is 1.86 bits per heavy atom. The standard InChI is InChI=1S/C21H34N4O3/c1-22-20(23-15-21(11-7-8-12-21)19(26)24(2)3)25(4)14-16-9-10-17(27-5)13-18(16)28-6/h9-10,13H,7-8,11-12,14-15H2,1-6H3,(H,22,23). The van der Waals surface area contributed by atoms with E-state index in [-0.39, 0.29) is 11.3 Å². The third-order valence-corrected chi connectivity index (χ3v) is 5.48. The number of amides is 1. The summed E-state index contributed by atoms with van der Waals surface area (Å²) in [6, 6.07) is 5.79. The molecule has 1 aliphatic carbocycles. The molecule has 2 rings (SSSR count). The summed E-state index contributed by atoms with van der Waals surface area (Å²) in [4.78, 5) is 20.9. The summed E-state index contributed by atoms with van der Waals surface area (Å²) in [6.45, 7) is 1.22. The fourth-order valence-electron chi connectivity index (χ4n) is 3.94. The summed E-state index contributed by atoms with van der Waals surface area (Å²) >= 11 is 0. The van der Waals surface area contributed by atoms with Crippen molar-refractivity contribution in [3.05, 3.63) is 23.8 Å². The van der Waals surface area contributed by atoms with Crippen LogP contribution in [0.3, 0.4) is 0 Å². The third kappa shape index (κ3) is 4.88. The fourth-order valence-corrected chi connectivity index (χ4v) is 3.94. The van der Waals surface area contributed by atoms with E-state index in [1.165, 1.54) is 0 Å². The Balaban J connectivity index is 2.08. The molecule has 1 aromatic rings. The van der Waals surface area contributed by atoms with Gasteiger partial charge < -0.3 is 24.6 Å². The fraction of sp³-hybridized carbons (Fsp3) is 0.619. The van der Waals surface area contributed by atoms with Crippen LogP contribution in [0.5, 0.6) is 11.5 Å². The maximum atomic E-state index is 12.8. The first kappa shape index (κ1) is 21.9. The second-order valence-corrected chi connectivity index (χ2v) is 7.62. The zero-order valence-electron chi connectivity index (χ0n) is 18.0. The highest BCUT2D eigenvalue weighted by molar-refractivity contribution is 5.85. The van der Waals surface area contributed by atoms with Crippen molar-refractivity contribution in [2.75, 3.05) is 49.0 Å². The highest BCUT2D eigenvalue weighted by atomic mass is 16.5. The van der Waals surface area contributed by atoms with E-state index in [1.807, 2.05) is 44.2 Å². The Kier molecular flexibility index (Phi) is 7.54. The van der Waals surface area contributed by atoms with Crippen LogP contribution in [0.1, 0.15) is 31.2 Å². The molecule has 0 aliphatic heterocycles. The first-order valence-electron chi connectivity index (χ1n) is 9.71. The van der Waals surface area contributed by atoms with Crippen LogP contribution < -0.4 is 14.8 Å². The van der Waals surface area contributed by atoms with Crippen molar-refractivity contribution in [2.45, 2.75) is 32.2 Å². The van der Waals surface area contributed by atoms with Gasteiger partial charge in [-0.15, -0.1) is 0 Å². The number of carbonyl (C=O) groups excluding carboxylic acids is 1. The third-order valence-electron chi connectivity index (χ3n) is 5.48. The lowest BCUT2D eigenvalue weighted by molar-refractivity contribution is -0.138. The molecule has 0 atom stereocenters. The van der Waals surface area contributed by atoms with Crippen LogP contribution in [-0.4, -0.2) is 70.6 Å². The van der Waals surface area contributed by atoms with E-state index >= 15 is 0 Å². The number of guanidine groups is 1. The zero-order chi connectivity index (χ0) is 20.7. The van der Waals surface area contributed by atoms with Gasteiger partial charge >= 0.3 is 0 Å². The molecule has 0 saturated heterocycles. The molecular weight excluding hydrogens is 356 g/mol. The Morgan fingerprint density at radius 1 is 1.18 bits per heavy atom. The summed E-state index contributed by atoms with van der Waals surface area (Å²) in [5.74, 6) is 2.50. The highest BCUT2D eigenvalue weighted by Gasteiger charge is 2.42. The molecule has 156 valence electrons. The van der Waals surface area contributed by atoms with Crippen molar-refractivity contribution in [1.29, 1.82) is 0 Å². The Morgan fingerprint density at radius 3 is 2.39 bits per heavy atom. The number of carbonyl (C=O) groups is 1. The molecular formula is C21H34N4O3. The van der Waals surface area contributed by atoms with Crippen molar-refractivity contribution in [3.63, 3.8) is 0 Å². The van der Waals surface area contributed by atoms with Gasteiger partial charge in [-0.25, -0.2) is 0 Å². The van der Waals surface area contributed by atoms with E-state index in [2.05, 4.69) is 10.3 Å². The lowest BCUT2D eigenvalue weighted by Gasteiger charge is -2.32. The topological polar surface area (TPSA) is 66.4 Å². The molecule has 1 saturated carbocycles. The van der Waals surface area contributed by atoms with Gasteiger partial charge in [-0.1, -0.05) is 12.8 Å². The first-order chi connectivity index (χ1) is 13.4. The minimum atomic E-state index is -0.335. The average molecular weight is 391 g/mol. The van der Waals surface area contributed by atoms with E-state index < -0.39 is 0 Å². The van der Waals surface area contributed by atoms with E-state index in [4.69, 9.17) is 9.47 Å². The van der Waals surface area contributed by atoms with Gasteiger partial charge in [0.15, 0.2) is 5.96 Å².